The molecule has 6 nitrogen and oxygen atoms in total. The fourth-order valence-corrected chi connectivity index (χ4v) is 1.51. The molecule has 0 saturated heterocycles. The molecule has 0 saturated carbocycles. The maximum Gasteiger partial charge on any atom is 0.305 e. The van der Waals surface area contributed by atoms with E-state index in [2.05, 4.69) is 15.3 Å². The van der Waals surface area contributed by atoms with Gasteiger partial charge in [-0.3, -0.25) is 10.1 Å². The van der Waals surface area contributed by atoms with Crippen LogP contribution in [-0.2, 0) is 0 Å². The fraction of sp³-hybridized carbons (Fsp3) is 0.167. The molecule has 0 aliphatic carbocycles. The molecule has 1 atom stereocenters. The van der Waals surface area contributed by atoms with Crippen LogP contribution >= 0.6 is 0 Å². The molecular formula is C12H12N4O2. The number of hydrogen-bond acceptors (Lipinski definition) is 5. The molecule has 6 heteroatoms. The summed E-state index contributed by atoms with van der Waals surface area (Å²) in [5, 5.41) is 13.5. The van der Waals surface area contributed by atoms with Gasteiger partial charge in [-0.15, -0.1) is 0 Å². The first-order chi connectivity index (χ1) is 8.66. The molecular weight excluding hydrogens is 232 g/mol. The number of rotatable bonds is 4. The van der Waals surface area contributed by atoms with Crippen molar-refractivity contribution in [2.24, 2.45) is 0 Å². The van der Waals surface area contributed by atoms with Crippen LogP contribution in [0.2, 0.25) is 0 Å². The van der Waals surface area contributed by atoms with E-state index in [0.29, 0.717) is 5.95 Å². The van der Waals surface area contributed by atoms with Crippen LogP contribution in [0, 0.1) is 10.1 Å². The smallest absolute Gasteiger partial charge is 0.305 e. The Balaban J connectivity index is 2.08. The highest BCUT2D eigenvalue weighted by Gasteiger charge is 2.09. The van der Waals surface area contributed by atoms with Crippen LogP contribution in [0.15, 0.2) is 42.7 Å². The Hall–Kier alpha value is -2.50. The quantitative estimate of drug-likeness (QED) is 0.660. The molecule has 0 aliphatic heterocycles. The lowest BCUT2D eigenvalue weighted by Crippen LogP contribution is -2.09. The lowest BCUT2D eigenvalue weighted by atomic mass is 10.1. The zero-order valence-electron chi connectivity index (χ0n) is 9.78. The summed E-state index contributed by atoms with van der Waals surface area (Å²) in [6.45, 7) is 1.97. The van der Waals surface area contributed by atoms with E-state index in [1.54, 1.807) is 0 Å². The third kappa shape index (κ3) is 2.79. The molecule has 1 heterocycles. The Labute approximate surface area is 104 Å². The van der Waals surface area contributed by atoms with E-state index in [0.717, 1.165) is 5.56 Å². The van der Waals surface area contributed by atoms with Crippen molar-refractivity contribution in [3.8, 4) is 0 Å². The summed E-state index contributed by atoms with van der Waals surface area (Å²) in [6.07, 6.45) is 2.38. The van der Waals surface area contributed by atoms with Crippen LogP contribution in [0.4, 0.5) is 11.6 Å². The molecule has 2 rings (SSSR count). The third-order valence-corrected chi connectivity index (χ3v) is 2.49. The van der Waals surface area contributed by atoms with E-state index in [1.807, 2.05) is 37.3 Å². The maximum absolute atomic E-state index is 10.5. The molecule has 0 spiro atoms. The van der Waals surface area contributed by atoms with Gasteiger partial charge in [0.25, 0.3) is 0 Å². The third-order valence-electron chi connectivity index (χ3n) is 2.49. The first-order valence-corrected chi connectivity index (χ1v) is 5.45. The molecule has 0 unspecified atom stereocenters. The number of nitrogens with one attached hydrogen (secondary N) is 1. The van der Waals surface area contributed by atoms with Crippen molar-refractivity contribution in [2.45, 2.75) is 13.0 Å². The second-order valence-electron chi connectivity index (χ2n) is 3.80. The number of anilines is 1. The standard InChI is InChI=1S/C12H12N4O2/c1-9(10-5-3-2-4-6-10)15-12-13-7-11(8-14-12)16(17)18/h2-9H,1H3,(H,13,14,15)/t9-/m0/s1. The van der Waals surface area contributed by atoms with Gasteiger partial charge in [0.15, 0.2) is 0 Å². The summed E-state index contributed by atoms with van der Waals surface area (Å²) in [7, 11) is 0. The zero-order chi connectivity index (χ0) is 13.0. The summed E-state index contributed by atoms with van der Waals surface area (Å²) >= 11 is 0. The van der Waals surface area contributed by atoms with Crippen molar-refractivity contribution in [3.05, 3.63) is 58.4 Å². The van der Waals surface area contributed by atoms with E-state index >= 15 is 0 Å². The van der Waals surface area contributed by atoms with Crippen molar-refractivity contribution in [2.75, 3.05) is 5.32 Å². The van der Waals surface area contributed by atoms with Crippen LogP contribution in [0.25, 0.3) is 0 Å². The van der Waals surface area contributed by atoms with Crippen molar-refractivity contribution < 1.29 is 4.92 Å². The van der Waals surface area contributed by atoms with Gasteiger partial charge >= 0.3 is 5.69 Å². The molecule has 0 bridgehead atoms. The largest absolute Gasteiger partial charge is 0.348 e. The van der Waals surface area contributed by atoms with Crippen molar-refractivity contribution >= 4 is 11.6 Å². The average Bonchev–Trinajstić information content (AvgIpc) is 2.40. The minimum atomic E-state index is -0.523. The van der Waals surface area contributed by atoms with E-state index < -0.39 is 4.92 Å². The predicted octanol–water partition coefficient (Wildman–Crippen LogP) is 2.56. The van der Waals surface area contributed by atoms with Gasteiger partial charge in [-0.1, -0.05) is 30.3 Å². The van der Waals surface area contributed by atoms with Crippen LogP contribution in [0.1, 0.15) is 18.5 Å². The van der Waals surface area contributed by atoms with Gasteiger partial charge in [-0.25, -0.2) is 9.97 Å². The second-order valence-corrected chi connectivity index (χ2v) is 3.80. The molecule has 0 fully saturated rings. The Bertz CT molecular complexity index is 528. The summed E-state index contributed by atoms with van der Waals surface area (Å²) in [6, 6.07) is 9.85. The summed E-state index contributed by atoms with van der Waals surface area (Å²) in [4.78, 5) is 17.7. The molecule has 92 valence electrons. The normalized spacial score (nSPS) is 11.8. The fourth-order valence-electron chi connectivity index (χ4n) is 1.51. The Morgan fingerprint density at radius 3 is 2.39 bits per heavy atom. The highest BCUT2D eigenvalue weighted by molar-refractivity contribution is 5.34. The minimum absolute atomic E-state index is 0.0349. The van der Waals surface area contributed by atoms with Gasteiger partial charge in [0.2, 0.25) is 5.95 Å². The van der Waals surface area contributed by atoms with Crippen LogP contribution in [0.3, 0.4) is 0 Å². The van der Waals surface area contributed by atoms with Gasteiger partial charge < -0.3 is 5.32 Å². The van der Waals surface area contributed by atoms with Crippen LogP contribution < -0.4 is 5.32 Å². The molecule has 0 amide bonds. The molecule has 0 radical (unpaired) electrons. The lowest BCUT2D eigenvalue weighted by molar-refractivity contribution is -0.385. The molecule has 1 aromatic carbocycles. The van der Waals surface area contributed by atoms with E-state index in [9.17, 15) is 10.1 Å². The van der Waals surface area contributed by atoms with Gasteiger partial charge in [0, 0.05) is 0 Å². The molecule has 2 aromatic rings. The molecule has 0 aliphatic rings. The van der Waals surface area contributed by atoms with Gasteiger partial charge in [-0.05, 0) is 12.5 Å². The number of benzene rings is 1. The predicted molar refractivity (Wildman–Crippen MR) is 67.2 cm³/mol. The highest BCUT2D eigenvalue weighted by atomic mass is 16.6. The Morgan fingerprint density at radius 2 is 1.83 bits per heavy atom. The maximum atomic E-state index is 10.5. The van der Waals surface area contributed by atoms with Gasteiger partial charge in [0.05, 0.1) is 11.0 Å². The van der Waals surface area contributed by atoms with Gasteiger partial charge in [-0.2, -0.15) is 0 Å². The number of nitrogens with zero attached hydrogens (tertiary/aromatic N) is 3. The Morgan fingerprint density at radius 1 is 1.22 bits per heavy atom. The highest BCUT2D eigenvalue weighted by Crippen LogP contribution is 2.16. The molecule has 18 heavy (non-hydrogen) atoms. The number of hydrogen-bond donors (Lipinski definition) is 1. The average molecular weight is 244 g/mol. The second kappa shape index (κ2) is 5.22. The Kier molecular flexibility index (Phi) is 3.47. The molecule has 1 N–H and O–H groups in total. The van der Waals surface area contributed by atoms with Crippen LogP contribution in [0.5, 0.6) is 0 Å². The first kappa shape index (κ1) is 12.0. The SMILES string of the molecule is C[C@H](Nc1ncc([N+](=O)[O-])cn1)c1ccccc1. The summed E-state index contributed by atoms with van der Waals surface area (Å²) in [5.41, 5.74) is 0.979. The van der Waals surface area contributed by atoms with Crippen molar-refractivity contribution in [1.29, 1.82) is 0 Å². The van der Waals surface area contributed by atoms with Crippen molar-refractivity contribution in [1.82, 2.24) is 9.97 Å². The van der Waals surface area contributed by atoms with Crippen LogP contribution in [-0.4, -0.2) is 14.9 Å². The number of aromatic nitrogens is 2. The zero-order valence-corrected chi connectivity index (χ0v) is 9.78. The summed E-state index contributed by atoms with van der Waals surface area (Å²) in [5.74, 6) is 0.372. The van der Waals surface area contributed by atoms with E-state index in [-0.39, 0.29) is 11.7 Å². The van der Waals surface area contributed by atoms with Crippen molar-refractivity contribution in [3.63, 3.8) is 0 Å². The van der Waals surface area contributed by atoms with Gasteiger partial charge in [0.1, 0.15) is 12.4 Å². The minimum Gasteiger partial charge on any atom is -0.348 e. The monoisotopic (exact) mass is 244 g/mol. The number of nitro groups is 1. The topological polar surface area (TPSA) is 81.0 Å². The lowest BCUT2D eigenvalue weighted by Gasteiger charge is -2.13. The summed E-state index contributed by atoms with van der Waals surface area (Å²) < 4.78 is 0. The first-order valence-electron chi connectivity index (χ1n) is 5.45. The molecule has 1 aromatic heterocycles. The van der Waals surface area contributed by atoms with E-state index in [4.69, 9.17) is 0 Å². The van der Waals surface area contributed by atoms with E-state index in [1.165, 1.54) is 12.4 Å².